The maximum Gasteiger partial charge on any atom is 0.145 e. The van der Waals surface area contributed by atoms with Crippen molar-refractivity contribution in [3.05, 3.63) is 24.0 Å². The van der Waals surface area contributed by atoms with E-state index in [4.69, 9.17) is 10.5 Å². The van der Waals surface area contributed by atoms with Crippen molar-refractivity contribution in [2.45, 2.75) is 38.5 Å². The van der Waals surface area contributed by atoms with Crippen molar-refractivity contribution in [2.75, 3.05) is 12.3 Å². The van der Waals surface area contributed by atoms with Crippen molar-refractivity contribution in [1.82, 2.24) is 0 Å². The number of ether oxygens (including phenoxy) is 1. The monoisotopic (exact) mass is 237 g/mol. The molecule has 1 fully saturated rings. The Morgan fingerprint density at radius 3 is 2.76 bits per heavy atom. The molecule has 0 bridgehead atoms. The van der Waals surface area contributed by atoms with Gasteiger partial charge in [-0.3, -0.25) is 0 Å². The van der Waals surface area contributed by atoms with E-state index in [1.54, 1.807) is 6.07 Å². The second kappa shape index (κ2) is 5.89. The molecule has 1 aromatic rings. The van der Waals surface area contributed by atoms with Crippen molar-refractivity contribution in [3.63, 3.8) is 0 Å². The fraction of sp³-hybridized carbons (Fsp3) is 0.571. The summed E-state index contributed by atoms with van der Waals surface area (Å²) < 4.78 is 18.5. The number of anilines is 1. The molecule has 0 spiro atoms. The second-order valence-corrected chi connectivity index (χ2v) is 4.82. The lowest BCUT2D eigenvalue weighted by atomic mass is 9.87. The third kappa shape index (κ3) is 3.62. The summed E-state index contributed by atoms with van der Waals surface area (Å²) in [6.45, 7) is 0.637. The molecule has 94 valence electrons. The average molecular weight is 237 g/mol. The number of hydrogen-bond acceptors (Lipinski definition) is 2. The van der Waals surface area contributed by atoms with Crippen molar-refractivity contribution < 1.29 is 9.13 Å². The van der Waals surface area contributed by atoms with Gasteiger partial charge in [0.25, 0.3) is 0 Å². The first-order valence-electron chi connectivity index (χ1n) is 6.43. The van der Waals surface area contributed by atoms with Gasteiger partial charge in [0.2, 0.25) is 0 Å². The van der Waals surface area contributed by atoms with Crippen LogP contribution in [0, 0.1) is 11.7 Å². The van der Waals surface area contributed by atoms with Crippen LogP contribution in [0.25, 0.3) is 0 Å². The van der Waals surface area contributed by atoms with Gasteiger partial charge in [0.05, 0.1) is 12.3 Å². The summed E-state index contributed by atoms with van der Waals surface area (Å²) in [5.74, 6) is 0.950. The zero-order valence-electron chi connectivity index (χ0n) is 10.1. The molecule has 1 aromatic carbocycles. The standard InChI is InChI=1S/C14H20FNO/c15-12-6-7-13(16)14(10-12)17-9-8-11-4-2-1-3-5-11/h6-7,10-11H,1-5,8-9,16H2. The molecule has 0 saturated heterocycles. The molecule has 0 radical (unpaired) electrons. The maximum atomic E-state index is 13.0. The van der Waals surface area contributed by atoms with E-state index in [1.807, 2.05) is 0 Å². The van der Waals surface area contributed by atoms with Crippen LogP contribution in [0.15, 0.2) is 18.2 Å². The highest BCUT2D eigenvalue weighted by Crippen LogP contribution is 2.27. The molecular formula is C14H20FNO. The van der Waals surface area contributed by atoms with Crippen molar-refractivity contribution in [2.24, 2.45) is 5.92 Å². The van der Waals surface area contributed by atoms with Crippen molar-refractivity contribution in [1.29, 1.82) is 0 Å². The molecule has 3 heteroatoms. The largest absolute Gasteiger partial charge is 0.491 e. The number of nitrogen functional groups attached to an aromatic ring is 1. The van der Waals surface area contributed by atoms with Crippen LogP contribution in [0.5, 0.6) is 5.75 Å². The molecule has 1 saturated carbocycles. The number of halogens is 1. The quantitative estimate of drug-likeness (QED) is 0.809. The SMILES string of the molecule is Nc1ccc(F)cc1OCCC1CCCCC1. The fourth-order valence-electron chi connectivity index (χ4n) is 2.44. The molecule has 0 atom stereocenters. The van der Waals surface area contributed by atoms with Gasteiger partial charge in [-0.05, 0) is 24.5 Å². The van der Waals surface area contributed by atoms with Crippen LogP contribution in [0.1, 0.15) is 38.5 Å². The summed E-state index contributed by atoms with van der Waals surface area (Å²) >= 11 is 0. The molecule has 1 aliphatic carbocycles. The van der Waals surface area contributed by atoms with Gasteiger partial charge in [0.15, 0.2) is 0 Å². The van der Waals surface area contributed by atoms with E-state index >= 15 is 0 Å². The summed E-state index contributed by atoms with van der Waals surface area (Å²) in [5.41, 5.74) is 6.23. The first-order chi connectivity index (χ1) is 8.25. The normalized spacial score (nSPS) is 17.0. The Hall–Kier alpha value is -1.25. The highest BCUT2D eigenvalue weighted by atomic mass is 19.1. The third-order valence-corrected chi connectivity index (χ3v) is 3.48. The minimum Gasteiger partial charge on any atom is -0.491 e. The summed E-state index contributed by atoms with van der Waals surface area (Å²) in [4.78, 5) is 0. The minimum absolute atomic E-state index is 0.299. The van der Waals surface area contributed by atoms with E-state index in [1.165, 1.54) is 44.2 Å². The molecule has 0 unspecified atom stereocenters. The molecule has 0 heterocycles. The Kier molecular flexibility index (Phi) is 4.24. The molecule has 17 heavy (non-hydrogen) atoms. The lowest BCUT2D eigenvalue weighted by Crippen LogP contribution is -2.11. The van der Waals surface area contributed by atoms with Gasteiger partial charge in [0.1, 0.15) is 11.6 Å². The number of hydrogen-bond donors (Lipinski definition) is 1. The minimum atomic E-state index is -0.299. The van der Waals surface area contributed by atoms with E-state index in [-0.39, 0.29) is 5.82 Å². The van der Waals surface area contributed by atoms with Crippen LogP contribution in [0.3, 0.4) is 0 Å². The van der Waals surface area contributed by atoms with Crippen LogP contribution in [-0.2, 0) is 0 Å². The Labute approximate surface area is 102 Å². The predicted molar refractivity (Wildman–Crippen MR) is 67.5 cm³/mol. The van der Waals surface area contributed by atoms with Gasteiger partial charge in [-0.2, -0.15) is 0 Å². The van der Waals surface area contributed by atoms with Gasteiger partial charge >= 0.3 is 0 Å². The van der Waals surface area contributed by atoms with Crippen LogP contribution in [0.2, 0.25) is 0 Å². The Balaban J connectivity index is 1.79. The van der Waals surface area contributed by atoms with E-state index in [9.17, 15) is 4.39 Å². The van der Waals surface area contributed by atoms with Crippen LogP contribution < -0.4 is 10.5 Å². The van der Waals surface area contributed by atoms with Crippen LogP contribution >= 0.6 is 0 Å². The Morgan fingerprint density at radius 2 is 2.00 bits per heavy atom. The lowest BCUT2D eigenvalue weighted by Gasteiger charge is -2.21. The first kappa shape index (κ1) is 12.2. The van der Waals surface area contributed by atoms with E-state index in [0.29, 0.717) is 18.0 Å². The number of rotatable bonds is 4. The fourth-order valence-corrected chi connectivity index (χ4v) is 2.44. The van der Waals surface area contributed by atoms with Gasteiger partial charge in [-0.15, -0.1) is 0 Å². The molecule has 0 aliphatic heterocycles. The molecule has 0 amide bonds. The molecule has 2 N–H and O–H groups in total. The van der Waals surface area contributed by atoms with Crippen LogP contribution in [-0.4, -0.2) is 6.61 Å². The first-order valence-corrected chi connectivity index (χ1v) is 6.43. The van der Waals surface area contributed by atoms with E-state index < -0.39 is 0 Å². The molecular weight excluding hydrogens is 217 g/mol. The highest BCUT2D eigenvalue weighted by Gasteiger charge is 2.13. The average Bonchev–Trinajstić information content (AvgIpc) is 2.35. The van der Waals surface area contributed by atoms with Gasteiger partial charge in [-0.25, -0.2) is 4.39 Å². The van der Waals surface area contributed by atoms with Gasteiger partial charge in [0, 0.05) is 6.07 Å². The summed E-state index contributed by atoms with van der Waals surface area (Å²) in [7, 11) is 0. The van der Waals surface area contributed by atoms with Gasteiger partial charge < -0.3 is 10.5 Å². The predicted octanol–water partition coefficient (Wildman–Crippen LogP) is 3.76. The van der Waals surface area contributed by atoms with E-state index in [2.05, 4.69) is 0 Å². The smallest absolute Gasteiger partial charge is 0.145 e. The third-order valence-electron chi connectivity index (χ3n) is 3.48. The lowest BCUT2D eigenvalue weighted by molar-refractivity contribution is 0.246. The summed E-state index contributed by atoms with van der Waals surface area (Å²) in [6.07, 6.45) is 7.72. The maximum absolute atomic E-state index is 13.0. The Morgan fingerprint density at radius 1 is 1.24 bits per heavy atom. The molecule has 0 aromatic heterocycles. The molecule has 1 aliphatic rings. The topological polar surface area (TPSA) is 35.2 Å². The zero-order chi connectivity index (χ0) is 12.1. The van der Waals surface area contributed by atoms with Crippen molar-refractivity contribution in [3.8, 4) is 5.75 Å². The van der Waals surface area contributed by atoms with E-state index in [0.717, 1.165) is 12.3 Å². The number of nitrogens with two attached hydrogens (primary N) is 1. The zero-order valence-corrected chi connectivity index (χ0v) is 10.1. The molecule has 2 rings (SSSR count). The second-order valence-electron chi connectivity index (χ2n) is 4.82. The highest BCUT2D eigenvalue weighted by molar-refractivity contribution is 5.52. The van der Waals surface area contributed by atoms with Gasteiger partial charge in [-0.1, -0.05) is 32.1 Å². The van der Waals surface area contributed by atoms with Crippen molar-refractivity contribution >= 4 is 5.69 Å². The van der Waals surface area contributed by atoms with Crippen LogP contribution in [0.4, 0.5) is 10.1 Å². The molecule has 2 nitrogen and oxygen atoms in total. The Bertz CT molecular complexity index is 361. The summed E-state index contributed by atoms with van der Waals surface area (Å²) in [5, 5.41) is 0. The summed E-state index contributed by atoms with van der Waals surface area (Å²) in [6, 6.07) is 4.25. The number of benzene rings is 1.